The van der Waals surface area contributed by atoms with Gasteiger partial charge in [-0.3, -0.25) is 4.79 Å². The van der Waals surface area contributed by atoms with Crippen LogP contribution in [-0.2, 0) is 4.79 Å². The molecule has 1 N–H and O–H groups in total. The van der Waals surface area contributed by atoms with Crippen molar-refractivity contribution in [1.82, 2.24) is 0 Å². The highest BCUT2D eigenvalue weighted by Gasteiger charge is 2.30. The molecule has 0 bridgehead atoms. The third-order valence-electron chi connectivity index (χ3n) is 3.14. The molecule has 7 heteroatoms. The van der Waals surface area contributed by atoms with Gasteiger partial charge in [0, 0.05) is 37.2 Å². The summed E-state index contributed by atoms with van der Waals surface area (Å²) in [6.45, 7) is -2.61. The number of carbonyl (C=O) groups is 1. The van der Waals surface area contributed by atoms with E-state index in [0.717, 1.165) is 0 Å². The van der Waals surface area contributed by atoms with Crippen LogP contribution >= 0.6 is 0 Å². The predicted molar refractivity (Wildman–Crippen MR) is 67.2 cm³/mol. The molecule has 1 heterocycles. The summed E-state index contributed by atoms with van der Waals surface area (Å²) in [5.41, 5.74) is 0.532. The van der Waals surface area contributed by atoms with Crippen LogP contribution in [0.2, 0.25) is 0 Å². The van der Waals surface area contributed by atoms with Crippen molar-refractivity contribution in [3.8, 4) is 11.5 Å². The SMILES string of the molecule is COc1cc(N2CC(CO)CC2=O)ccc1OC(F)F. The molecular weight excluding hydrogens is 272 g/mol. The third-order valence-corrected chi connectivity index (χ3v) is 3.14. The Morgan fingerprint density at radius 2 is 2.20 bits per heavy atom. The number of ether oxygens (including phenoxy) is 2. The normalized spacial score (nSPS) is 18.8. The van der Waals surface area contributed by atoms with Crippen LogP contribution in [0, 0.1) is 5.92 Å². The van der Waals surface area contributed by atoms with E-state index in [1.165, 1.54) is 30.2 Å². The second-order valence-electron chi connectivity index (χ2n) is 4.47. The zero-order valence-electron chi connectivity index (χ0n) is 10.9. The van der Waals surface area contributed by atoms with E-state index in [9.17, 15) is 13.6 Å². The summed E-state index contributed by atoms with van der Waals surface area (Å²) in [4.78, 5) is 13.3. The van der Waals surface area contributed by atoms with Gasteiger partial charge in [0.2, 0.25) is 5.91 Å². The first-order chi connectivity index (χ1) is 9.55. The quantitative estimate of drug-likeness (QED) is 0.894. The fraction of sp³-hybridized carbons (Fsp3) is 0.462. The fourth-order valence-electron chi connectivity index (χ4n) is 2.17. The van der Waals surface area contributed by atoms with Crippen LogP contribution in [0.1, 0.15) is 6.42 Å². The molecule has 0 aliphatic carbocycles. The maximum atomic E-state index is 12.2. The van der Waals surface area contributed by atoms with Gasteiger partial charge in [0.25, 0.3) is 0 Å². The molecule has 110 valence electrons. The number of nitrogens with zero attached hydrogens (tertiary/aromatic N) is 1. The maximum absolute atomic E-state index is 12.2. The van der Waals surface area contributed by atoms with Crippen molar-refractivity contribution in [3.63, 3.8) is 0 Å². The molecule has 2 rings (SSSR count). The fourth-order valence-corrected chi connectivity index (χ4v) is 2.17. The largest absolute Gasteiger partial charge is 0.493 e. The molecule has 0 radical (unpaired) electrons. The highest BCUT2D eigenvalue weighted by molar-refractivity contribution is 5.96. The van der Waals surface area contributed by atoms with E-state index in [0.29, 0.717) is 12.2 Å². The van der Waals surface area contributed by atoms with E-state index in [1.807, 2.05) is 0 Å². The molecule has 1 unspecified atom stereocenters. The number of aliphatic hydroxyl groups is 1. The number of benzene rings is 1. The number of hydrogen-bond acceptors (Lipinski definition) is 4. The molecule has 20 heavy (non-hydrogen) atoms. The van der Waals surface area contributed by atoms with E-state index in [1.54, 1.807) is 0 Å². The summed E-state index contributed by atoms with van der Waals surface area (Å²) in [5, 5.41) is 9.09. The average Bonchev–Trinajstić information content (AvgIpc) is 2.80. The molecule has 0 saturated carbocycles. The minimum Gasteiger partial charge on any atom is -0.493 e. The molecule has 1 atom stereocenters. The number of halogens is 2. The van der Waals surface area contributed by atoms with E-state index in [4.69, 9.17) is 9.84 Å². The second kappa shape index (κ2) is 6.04. The highest BCUT2D eigenvalue weighted by Crippen LogP contribution is 2.34. The first-order valence-electron chi connectivity index (χ1n) is 6.09. The summed E-state index contributed by atoms with van der Waals surface area (Å²) >= 11 is 0. The Morgan fingerprint density at radius 3 is 2.75 bits per heavy atom. The van der Waals surface area contributed by atoms with Crippen LogP contribution < -0.4 is 14.4 Å². The topological polar surface area (TPSA) is 59.0 Å². The lowest BCUT2D eigenvalue weighted by atomic mass is 10.1. The number of carbonyl (C=O) groups excluding carboxylic acids is 1. The van der Waals surface area contributed by atoms with Gasteiger partial charge in [-0.05, 0) is 12.1 Å². The molecule has 1 saturated heterocycles. The number of rotatable bonds is 5. The molecule has 1 aromatic carbocycles. The van der Waals surface area contributed by atoms with Gasteiger partial charge in [-0.15, -0.1) is 0 Å². The van der Waals surface area contributed by atoms with Crippen LogP contribution in [0.15, 0.2) is 18.2 Å². The van der Waals surface area contributed by atoms with Crippen LogP contribution in [-0.4, -0.2) is 37.9 Å². The molecule has 1 amide bonds. The number of methoxy groups -OCH3 is 1. The van der Waals surface area contributed by atoms with Gasteiger partial charge in [0.1, 0.15) is 0 Å². The zero-order chi connectivity index (χ0) is 14.7. The summed E-state index contributed by atoms with van der Waals surface area (Å²) < 4.78 is 33.8. The van der Waals surface area contributed by atoms with E-state index < -0.39 is 6.61 Å². The third kappa shape index (κ3) is 2.98. The molecule has 1 aromatic rings. The Balaban J connectivity index is 2.23. The summed E-state index contributed by atoms with van der Waals surface area (Å²) in [6.07, 6.45) is 0.272. The van der Waals surface area contributed by atoms with Crippen molar-refractivity contribution in [2.24, 2.45) is 5.92 Å². The van der Waals surface area contributed by atoms with Crippen molar-refractivity contribution < 1.29 is 28.2 Å². The van der Waals surface area contributed by atoms with Gasteiger partial charge >= 0.3 is 6.61 Å². The van der Waals surface area contributed by atoms with Gasteiger partial charge < -0.3 is 19.5 Å². The van der Waals surface area contributed by atoms with E-state index in [2.05, 4.69) is 4.74 Å². The zero-order valence-corrected chi connectivity index (χ0v) is 10.9. The summed E-state index contributed by atoms with van der Waals surface area (Å²) in [7, 11) is 1.33. The van der Waals surface area contributed by atoms with Crippen molar-refractivity contribution in [1.29, 1.82) is 0 Å². The maximum Gasteiger partial charge on any atom is 0.387 e. The number of alkyl halides is 2. The van der Waals surface area contributed by atoms with Crippen LogP contribution in [0.5, 0.6) is 11.5 Å². The van der Waals surface area contributed by atoms with Gasteiger partial charge in [0.05, 0.1) is 7.11 Å². The summed E-state index contributed by atoms with van der Waals surface area (Å²) in [5.74, 6) is -0.182. The van der Waals surface area contributed by atoms with Gasteiger partial charge in [-0.1, -0.05) is 0 Å². The minimum atomic E-state index is -2.94. The predicted octanol–water partition coefficient (Wildman–Crippen LogP) is 1.64. The second-order valence-corrected chi connectivity index (χ2v) is 4.47. The van der Waals surface area contributed by atoms with Gasteiger partial charge in [-0.25, -0.2) is 0 Å². The Kier molecular flexibility index (Phi) is 4.39. The van der Waals surface area contributed by atoms with Crippen LogP contribution in [0.25, 0.3) is 0 Å². The van der Waals surface area contributed by atoms with Crippen molar-refractivity contribution >= 4 is 11.6 Å². The lowest BCUT2D eigenvalue weighted by Crippen LogP contribution is -2.24. The molecular formula is C13H15F2NO4. The summed E-state index contributed by atoms with van der Waals surface area (Å²) in [6, 6.07) is 4.31. The van der Waals surface area contributed by atoms with Crippen molar-refractivity contribution in [3.05, 3.63) is 18.2 Å². The molecule has 5 nitrogen and oxygen atoms in total. The Hall–Kier alpha value is -1.89. The molecule has 1 aliphatic rings. The van der Waals surface area contributed by atoms with Gasteiger partial charge in [-0.2, -0.15) is 8.78 Å². The van der Waals surface area contributed by atoms with Crippen LogP contribution in [0.3, 0.4) is 0 Å². The number of anilines is 1. The van der Waals surface area contributed by atoms with Gasteiger partial charge in [0.15, 0.2) is 11.5 Å². The van der Waals surface area contributed by atoms with Crippen molar-refractivity contribution in [2.75, 3.05) is 25.2 Å². The Morgan fingerprint density at radius 1 is 1.45 bits per heavy atom. The average molecular weight is 287 g/mol. The number of amides is 1. The highest BCUT2D eigenvalue weighted by atomic mass is 19.3. The molecule has 1 aliphatic heterocycles. The Labute approximate surface area is 114 Å². The smallest absolute Gasteiger partial charge is 0.387 e. The van der Waals surface area contributed by atoms with Crippen molar-refractivity contribution in [2.45, 2.75) is 13.0 Å². The lowest BCUT2D eigenvalue weighted by Gasteiger charge is -2.18. The standard InChI is InChI=1S/C13H15F2NO4/c1-19-11-5-9(2-3-10(11)20-13(14)15)16-6-8(7-17)4-12(16)18/h2-3,5,8,13,17H,4,6-7H2,1H3. The lowest BCUT2D eigenvalue weighted by molar-refractivity contribution is -0.117. The van der Waals surface area contributed by atoms with Crippen LogP contribution in [0.4, 0.5) is 14.5 Å². The monoisotopic (exact) mass is 287 g/mol. The Bertz CT molecular complexity index is 495. The minimum absolute atomic E-state index is 0.0635. The number of hydrogen-bond donors (Lipinski definition) is 1. The van der Waals surface area contributed by atoms with E-state index >= 15 is 0 Å². The van der Waals surface area contributed by atoms with E-state index in [-0.39, 0.29) is 36.4 Å². The molecule has 0 spiro atoms. The number of aliphatic hydroxyl groups excluding tert-OH is 1. The molecule has 0 aromatic heterocycles. The first-order valence-corrected chi connectivity index (χ1v) is 6.09. The molecule has 1 fully saturated rings. The first kappa shape index (κ1) is 14.5.